The number of benzene rings is 3. The van der Waals surface area contributed by atoms with Crippen LogP contribution < -0.4 is 30.5 Å². The Morgan fingerprint density at radius 1 is 0.846 bits per heavy atom. The Kier molecular flexibility index (Phi) is 9.27. The van der Waals surface area contributed by atoms with Crippen molar-refractivity contribution in [2.75, 3.05) is 74.0 Å². The number of methoxy groups -OCH3 is 2. The second-order valence-corrected chi connectivity index (χ2v) is 9.45. The van der Waals surface area contributed by atoms with E-state index < -0.39 is 0 Å². The van der Waals surface area contributed by atoms with E-state index in [0.29, 0.717) is 24.4 Å². The molecule has 1 aliphatic heterocycles. The molecular weight excluding hydrogens is 494 g/mol. The summed E-state index contributed by atoms with van der Waals surface area (Å²) in [5.41, 5.74) is 5.77. The number of urea groups is 1. The summed E-state index contributed by atoms with van der Waals surface area (Å²) < 4.78 is 10.6. The maximum atomic E-state index is 13.2. The number of nitrogens with one attached hydrogen (secondary N) is 3. The topological polar surface area (TPSA) is 95.2 Å². The van der Waals surface area contributed by atoms with Gasteiger partial charge >= 0.3 is 6.03 Å². The number of carbonyl (C=O) groups is 2. The molecular formula is C30H37N5O4. The van der Waals surface area contributed by atoms with Gasteiger partial charge in [-0.3, -0.25) is 4.79 Å². The van der Waals surface area contributed by atoms with Crippen molar-refractivity contribution in [1.29, 1.82) is 0 Å². The fourth-order valence-electron chi connectivity index (χ4n) is 4.68. The molecule has 0 bridgehead atoms. The van der Waals surface area contributed by atoms with Crippen LogP contribution in [0, 0.1) is 13.8 Å². The Bertz CT molecular complexity index is 1300. The number of piperazine rings is 1. The third-order valence-corrected chi connectivity index (χ3v) is 6.99. The minimum absolute atomic E-state index is 0.215. The molecule has 206 valence electrons. The molecule has 0 radical (unpaired) electrons. The van der Waals surface area contributed by atoms with Crippen molar-refractivity contribution in [1.82, 2.24) is 5.32 Å². The third-order valence-electron chi connectivity index (χ3n) is 6.99. The van der Waals surface area contributed by atoms with E-state index in [1.54, 1.807) is 20.3 Å². The number of para-hydroxylation sites is 2. The van der Waals surface area contributed by atoms with E-state index in [1.807, 2.05) is 62.4 Å². The molecule has 1 fully saturated rings. The van der Waals surface area contributed by atoms with Crippen molar-refractivity contribution in [3.8, 4) is 5.75 Å². The Labute approximate surface area is 230 Å². The monoisotopic (exact) mass is 531 g/mol. The lowest BCUT2D eigenvalue weighted by Gasteiger charge is -2.38. The van der Waals surface area contributed by atoms with Crippen LogP contribution in [0.4, 0.5) is 27.5 Å². The van der Waals surface area contributed by atoms with Crippen LogP contribution in [0.25, 0.3) is 0 Å². The quantitative estimate of drug-likeness (QED) is 0.348. The van der Waals surface area contributed by atoms with Crippen LogP contribution in [0.15, 0.2) is 60.7 Å². The summed E-state index contributed by atoms with van der Waals surface area (Å²) >= 11 is 0. The van der Waals surface area contributed by atoms with Crippen LogP contribution in [-0.4, -0.2) is 65.5 Å². The highest BCUT2D eigenvalue weighted by Crippen LogP contribution is 2.31. The predicted molar refractivity (Wildman–Crippen MR) is 157 cm³/mol. The van der Waals surface area contributed by atoms with Gasteiger partial charge in [-0.1, -0.05) is 24.3 Å². The van der Waals surface area contributed by atoms with Gasteiger partial charge in [-0.2, -0.15) is 0 Å². The average molecular weight is 532 g/mol. The Balaban J connectivity index is 1.51. The van der Waals surface area contributed by atoms with E-state index in [0.717, 1.165) is 60.1 Å². The summed E-state index contributed by atoms with van der Waals surface area (Å²) in [5, 5.41) is 8.70. The standard InChI is InChI=1S/C30H37N5O4/c1-21-8-7-9-25(22(21)2)33-30(37)32-23-12-13-26(24(20-23)29(36)31-14-19-38-3)34-15-17-35(18-16-34)27-10-5-6-11-28(27)39-4/h5-13,20H,14-19H2,1-4H3,(H,31,36)(H2,32,33,37). The van der Waals surface area contributed by atoms with Gasteiger partial charge in [0.2, 0.25) is 0 Å². The Hall–Kier alpha value is -4.24. The number of aryl methyl sites for hydroxylation is 1. The van der Waals surface area contributed by atoms with Gasteiger partial charge in [-0.05, 0) is 61.4 Å². The number of rotatable bonds is 9. The molecule has 1 aliphatic rings. The zero-order valence-electron chi connectivity index (χ0n) is 23.0. The van der Waals surface area contributed by atoms with Gasteiger partial charge in [0.15, 0.2) is 0 Å². The first-order valence-corrected chi connectivity index (χ1v) is 13.1. The second kappa shape index (κ2) is 13.0. The lowest BCUT2D eigenvalue weighted by Crippen LogP contribution is -2.47. The predicted octanol–water partition coefficient (Wildman–Crippen LogP) is 4.66. The first-order chi connectivity index (χ1) is 18.9. The molecule has 0 aliphatic carbocycles. The van der Waals surface area contributed by atoms with Crippen molar-refractivity contribution in [2.24, 2.45) is 0 Å². The van der Waals surface area contributed by atoms with Crippen molar-refractivity contribution < 1.29 is 19.1 Å². The summed E-state index contributed by atoms with van der Waals surface area (Å²) in [7, 11) is 3.28. The molecule has 0 saturated carbocycles. The minimum Gasteiger partial charge on any atom is -0.495 e. The molecule has 0 spiro atoms. The molecule has 0 unspecified atom stereocenters. The smallest absolute Gasteiger partial charge is 0.323 e. The van der Waals surface area contributed by atoms with Crippen LogP contribution >= 0.6 is 0 Å². The Morgan fingerprint density at radius 3 is 2.28 bits per heavy atom. The number of carbonyl (C=O) groups excluding carboxylic acids is 2. The SMILES string of the molecule is COCCNC(=O)c1cc(NC(=O)Nc2cccc(C)c2C)ccc1N1CCN(c2ccccc2OC)CC1. The molecule has 9 nitrogen and oxygen atoms in total. The van der Waals surface area contributed by atoms with Gasteiger partial charge in [0.25, 0.3) is 5.91 Å². The van der Waals surface area contributed by atoms with E-state index in [4.69, 9.17) is 9.47 Å². The summed E-state index contributed by atoms with van der Waals surface area (Å²) in [6.07, 6.45) is 0. The summed E-state index contributed by atoms with van der Waals surface area (Å²) in [6.45, 7) is 7.80. The lowest BCUT2D eigenvalue weighted by molar-refractivity contribution is 0.0937. The third kappa shape index (κ3) is 6.80. The molecule has 3 aromatic carbocycles. The maximum absolute atomic E-state index is 13.2. The van der Waals surface area contributed by atoms with Crippen LogP contribution in [-0.2, 0) is 4.74 Å². The number of amides is 3. The molecule has 0 atom stereocenters. The van der Waals surface area contributed by atoms with Crippen molar-refractivity contribution >= 4 is 34.7 Å². The van der Waals surface area contributed by atoms with Gasteiger partial charge in [0, 0.05) is 56.9 Å². The fraction of sp³-hybridized carbons (Fsp3) is 0.333. The molecule has 9 heteroatoms. The van der Waals surface area contributed by atoms with Crippen molar-refractivity contribution in [3.05, 3.63) is 77.4 Å². The van der Waals surface area contributed by atoms with Gasteiger partial charge in [0.05, 0.1) is 25.0 Å². The lowest BCUT2D eigenvalue weighted by atomic mass is 10.1. The van der Waals surface area contributed by atoms with Gasteiger partial charge in [0.1, 0.15) is 5.75 Å². The first kappa shape index (κ1) is 27.8. The first-order valence-electron chi connectivity index (χ1n) is 13.1. The maximum Gasteiger partial charge on any atom is 0.323 e. The van der Waals surface area contributed by atoms with Crippen molar-refractivity contribution in [2.45, 2.75) is 13.8 Å². The van der Waals surface area contributed by atoms with Crippen LogP contribution in [0.5, 0.6) is 5.75 Å². The summed E-state index contributed by atoms with van der Waals surface area (Å²) in [4.78, 5) is 30.5. The Morgan fingerprint density at radius 2 is 1.56 bits per heavy atom. The summed E-state index contributed by atoms with van der Waals surface area (Å²) in [5.74, 6) is 0.631. The molecule has 1 heterocycles. The summed E-state index contributed by atoms with van der Waals surface area (Å²) in [6, 6.07) is 18.9. The molecule has 4 rings (SSSR count). The molecule has 3 N–H and O–H groups in total. The highest BCUT2D eigenvalue weighted by molar-refractivity contribution is 6.04. The molecule has 39 heavy (non-hydrogen) atoms. The van der Waals surface area contributed by atoms with E-state index in [2.05, 4.69) is 31.8 Å². The van der Waals surface area contributed by atoms with Crippen molar-refractivity contribution in [3.63, 3.8) is 0 Å². The van der Waals surface area contributed by atoms with Crippen LogP contribution in [0.2, 0.25) is 0 Å². The zero-order valence-corrected chi connectivity index (χ0v) is 23.0. The number of anilines is 4. The van der Waals surface area contributed by atoms with Gasteiger partial charge in [-0.15, -0.1) is 0 Å². The van der Waals surface area contributed by atoms with Crippen LogP contribution in [0.1, 0.15) is 21.5 Å². The number of ether oxygens (including phenoxy) is 2. The molecule has 1 saturated heterocycles. The highest BCUT2D eigenvalue weighted by atomic mass is 16.5. The number of nitrogens with zero attached hydrogens (tertiary/aromatic N) is 2. The number of hydrogen-bond acceptors (Lipinski definition) is 6. The van der Waals surface area contributed by atoms with Gasteiger partial charge in [-0.25, -0.2) is 4.79 Å². The molecule has 3 aromatic rings. The van der Waals surface area contributed by atoms with Crippen LogP contribution in [0.3, 0.4) is 0 Å². The van der Waals surface area contributed by atoms with Gasteiger partial charge < -0.3 is 35.2 Å². The van der Waals surface area contributed by atoms with E-state index in [1.165, 1.54) is 0 Å². The molecule has 0 aromatic heterocycles. The molecule has 3 amide bonds. The second-order valence-electron chi connectivity index (χ2n) is 9.45. The zero-order chi connectivity index (χ0) is 27.8. The number of hydrogen-bond donors (Lipinski definition) is 3. The average Bonchev–Trinajstić information content (AvgIpc) is 2.95. The highest BCUT2D eigenvalue weighted by Gasteiger charge is 2.24. The van der Waals surface area contributed by atoms with E-state index in [-0.39, 0.29) is 11.9 Å². The normalized spacial score (nSPS) is 13.1. The largest absolute Gasteiger partial charge is 0.495 e. The fourth-order valence-corrected chi connectivity index (χ4v) is 4.68. The minimum atomic E-state index is -0.368. The van der Waals surface area contributed by atoms with E-state index >= 15 is 0 Å². The van der Waals surface area contributed by atoms with E-state index in [9.17, 15) is 9.59 Å².